The largest absolute Gasteiger partial charge is 0.503 e. The first kappa shape index (κ1) is 26.1. The molecule has 1 fully saturated rings. The molecule has 2 aromatic carbocycles. The minimum atomic E-state index is -0.788. The molecule has 38 heavy (non-hydrogen) atoms. The van der Waals surface area contributed by atoms with Crippen molar-refractivity contribution in [2.45, 2.75) is 38.8 Å². The zero-order valence-electron chi connectivity index (χ0n) is 21.7. The first-order chi connectivity index (χ1) is 18.4. The summed E-state index contributed by atoms with van der Waals surface area (Å²) >= 11 is 6.20. The van der Waals surface area contributed by atoms with E-state index in [-0.39, 0.29) is 24.0 Å². The Morgan fingerprint density at radius 3 is 2.55 bits per heavy atom. The van der Waals surface area contributed by atoms with Crippen LogP contribution in [0.2, 0.25) is 5.02 Å². The Morgan fingerprint density at radius 1 is 1.18 bits per heavy atom. The Hall–Kier alpha value is -3.49. The van der Waals surface area contributed by atoms with Gasteiger partial charge in [0.25, 0.3) is 5.91 Å². The minimum Gasteiger partial charge on any atom is -0.503 e. The van der Waals surface area contributed by atoms with Crippen LogP contribution in [0.3, 0.4) is 0 Å². The van der Waals surface area contributed by atoms with Crippen LogP contribution >= 0.6 is 11.6 Å². The van der Waals surface area contributed by atoms with Crippen molar-refractivity contribution in [3.63, 3.8) is 0 Å². The quantitative estimate of drug-likeness (QED) is 0.349. The lowest BCUT2D eigenvalue weighted by atomic mass is 9.94. The second kappa shape index (κ2) is 10.7. The molecule has 3 heterocycles. The number of nitrogens with zero attached hydrogens (tertiary/aromatic N) is 2. The fourth-order valence-corrected chi connectivity index (χ4v) is 5.58. The minimum absolute atomic E-state index is 0.0151. The van der Waals surface area contributed by atoms with Crippen molar-refractivity contribution in [1.82, 2.24) is 4.90 Å². The number of aliphatic hydroxyl groups excluding tert-OH is 1. The van der Waals surface area contributed by atoms with E-state index in [0.717, 1.165) is 37.2 Å². The van der Waals surface area contributed by atoms with Crippen molar-refractivity contribution in [3.8, 4) is 5.75 Å². The molecule has 0 saturated carbocycles. The third kappa shape index (κ3) is 4.63. The molecule has 9 heteroatoms. The van der Waals surface area contributed by atoms with E-state index in [1.807, 2.05) is 24.3 Å². The maximum atomic E-state index is 13.9. The number of Topliss-reactive ketones (excluding diaryl/α,β-unsaturated/α-hetero) is 1. The number of carbonyl (C=O) groups excluding carboxylic acids is 2. The molecule has 5 rings (SSSR count). The first-order valence-electron chi connectivity index (χ1n) is 12.9. The van der Waals surface area contributed by atoms with E-state index in [4.69, 9.17) is 25.5 Å². The van der Waals surface area contributed by atoms with Gasteiger partial charge in [0.1, 0.15) is 0 Å². The number of hydrogen-bond acceptors (Lipinski definition) is 7. The van der Waals surface area contributed by atoms with Crippen molar-refractivity contribution in [2.24, 2.45) is 0 Å². The summed E-state index contributed by atoms with van der Waals surface area (Å²) in [6, 6.07) is 11.8. The van der Waals surface area contributed by atoms with Crippen LogP contribution in [-0.2, 0) is 9.53 Å². The maximum Gasteiger partial charge on any atom is 0.290 e. The molecule has 2 aliphatic heterocycles. The van der Waals surface area contributed by atoms with Gasteiger partial charge in [-0.25, -0.2) is 0 Å². The molecule has 2 atom stereocenters. The first-order valence-corrected chi connectivity index (χ1v) is 13.3. The summed E-state index contributed by atoms with van der Waals surface area (Å²) in [4.78, 5) is 31.0. The van der Waals surface area contributed by atoms with Crippen LogP contribution < -0.4 is 9.64 Å². The van der Waals surface area contributed by atoms with Gasteiger partial charge in [-0.15, -0.1) is 0 Å². The topological polar surface area (TPSA) is 92.5 Å². The predicted octanol–water partition coefficient (Wildman–Crippen LogP) is 5.70. The second-order valence-electron chi connectivity index (χ2n) is 9.49. The lowest BCUT2D eigenvalue weighted by Crippen LogP contribution is -2.37. The van der Waals surface area contributed by atoms with E-state index >= 15 is 0 Å². The van der Waals surface area contributed by atoms with Crippen molar-refractivity contribution >= 4 is 39.9 Å². The number of aliphatic hydroxyl groups is 1. The molecule has 1 saturated heterocycles. The van der Waals surface area contributed by atoms with Crippen LogP contribution in [0, 0.1) is 0 Å². The Balaban J connectivity index is 1.57. The number of methoxy groups -OCH3 is 1. The average Bonchev–Trinajstić information content (AvgIpc) is 3.65. The molecule has 2 unspecified atom stereocenters. The van der Waals surface area contributed by atoms with Crippen LogP contribution in [0.1, 0.15) is 48.8 Å². The van der Waals surface area contributed by atoms with E-state index in [1.165, 1.54) is 12.0 Å². The standard InChI is InChI=1S/C29H31ClN2O6/c1-4-31(5-2)20-10-8-17(9-11-20)25-24(27(34)29(35)32(25)16-21-7-6-12-37-21)26(33)22-14-18-13-19(30)15-23(36-3)28(18)38-22/h8-11,13-15,21,25,34H,4-7,12,16H2,1-3H3. The van der Waals surface area contributed by atoms with Gasteiger partial charge in [0.05, 0.1) is 24.8 Å². The lowest BCUT2D eigenvalue weighted by molar-refractivity contribution is -0.131. The Morgan fingerprint density at radius 2 is 1.92 bits per heavy atom. The van der Waals surface area contributed by atoms with E-state index in [2.05, 4.69) is 18.7 Å². The summed E-state index contributed by atoms with van der Waals surface area (Å²) < 4.78 is 17.0. The number of hydrogen-bond donors (Lipinski definition) is 1. The summed E-state index contributed by atoms with van der Waals surface area (Å²) in [6.45, 7) is 6.78. The molecule has 0 spiro atoms. The number of furan rings is 1. The highest BCUT2D eigenvalue weighted by atomic mass is 35.5. The summed E-state index contributed by atoms with van der Waals surface area (Å²) in [5, 5.41) is 12.0. The molecule has 1 N–H and O–H groups in total. The predicted molar refractivity (Wildman–Crippen MR) is 145 cm³/mol. The molecule has 8 nitrogen and oxygen atoms in total. The Labute approximate surface area is 226 Å². The monoisotopic (exact) mass is 538 g/mol. The number of halogens is 1. The molecule has 3 aromatic rings. The van der Waals surface area contributed by atoms with Crippen LogP contribution in [0.15, 0.2) is 58.2 Å². The Kier molecular flexibility index (Phi) is 7.36. The van der Waals surface area contributed by atoms with Crippen molar-refractivity contribution < 1.29 is 28.6 Å². The Bertz CT molecular complexity index is 1390. The van der Waals surface area contributed by atoms with Gasteiger partial charge in [0.2, 0.25) is 5.78 Å². The summed E-state index contributed by atoms with van der Waals surface area (Å²) in [5.74, 6) is -1.37. The third-order valence-electron chi connectivity index (χ3n) is 7.30. The average molecular weight is 539 g/mol. The van der Waals surface area contributed by atoms with Gasteiger partial charge < -0.3 is 28.8 Å². The number of fused-ring (bicyclic) bond motifs is 1. The fraction of sp³-hybridized carbons (Fsp3) is 0.379. The van der Waals surface area contributed by atoms with E-state index in [1.54, 1.807) is 18.2 Å². The zero-order valence-corrected chi connectivity index (χ0v) is 22.5. The van der Waals surface area contributed by atoms with Crippen LogP contribution in [0.4, 0.5) is 5.69 Å². The van der Waals surface area contributed by atoms with E-state index < -0.39 is 23.5 Å². The lowest BCUT2D eigenvalue weighted by Gasteiger charge is -2.29. The van der Waals surface area contributed by atoms with Crippen molar-refractivity contribution in [3.05, 3.63) is 70.1 Å². The molecule has 1 aromatic heterocycles. The second-order valence-corrected chi connectivity index (χ2v) is 9.92. The van der Waals surface area contributed by atoms with Gasteiger partial charge in [-0.1, -0.05) is 23.7 Å². The molecule has 200 valence electrons. The number of amides is 1. The highest BCUT2D eigenvalue weighted by Gasteiger charge is 2.45. The molecule has 0 radical (unpaired) electrons. The zero-order chi connectivity index (χ0) is 27.0. The van der Waals surface area contributed by atoms with E-state index in [0.29, 0.717) is 28.3 Å². The van der Waals surface area contributed by atoms with Crippen molar-refractivity contribution in [1.29, 1.82) is 0 Å². The van der Waals surface area contributed by atoms with Crippen molar-refractivity contribution in [2.75, 3.05) is 38.3 Å². The number of ketones is 1. The number of anilines is 1. The van der Waals surface area contributed by atoms with Gasteiger partial charge >= 0.3 is 0 Å². The molecule has 1 amide bonds. The molecule has 2 aliphatic rings. The van der Waals surface area contributed by atoms with Crippen LogP contribution in [-0.4, -0.2) is 61.2 Å². The van der Waals surface area contributed by atoms with E-state index in [9.17, 15) is 14.7 Å². The third-order valence-corrected chi connectivity index (χ3v) is 7.52. The van der Waals surface area contributed by atoms with Crippen LogP contribution in [0.25, 0.3) is 11.0 Å². The number of carbonyl (C=O) groups is 2. The maximum absolute atomic E-state index is 13.9. The molecular formula is C29H31ClN2O6. The number of rotatable bonds is 9. The van der Waals surface area contributed by atoms with Crippen LogP contribution in [0.5, 0.6) is 5.75 Å². The van der Waals surface area contributed by atoms with Gasteiger partial charge in [0.15, 0.2) is 22.9 Å². The highest BCUT2D eigenvalue weighted by Crippen LogP contribution is 2.41. The SMILES string of the molecule is CCN(CC)c1ccc(C2C(C(=O)c3cc4cc(Cl)cc(OC)c4o3)=C(O)C(=O)N2CC2CCCO2)cc1. The summed E-state index contributed by atoms with van der Waals surface area (Å²) in [5.41, 5.74) is 2.10. The summed E-state index contributed by atoms with van der Waals surface area (Å²) in [7, 11) is 1.49. The molecule has 0 bridgehead atoms. The van der Waals surface area contributed by atoms with Gasteiger partial charge in [-0.3, -0.25) is 9.59 Å². The van der Waals surface area contributed by atoms with Gasteiger partial charge in [0, 0.05) is 48.4 Å². The normalized spacial score (nSPS) is 19.6. The summed E-state index contributed by atoms with van der Waals surface area (Å²) in [6.07, 6.45) is 1.56. The molecular weight excluding hydrogens is 508 g/mol. The smallest absolute Gasteiger partial charge is 0.290 e. The molecule has 0 aliphatic carbocycles. The highest BCUT2D eigenvalue weighted by molar-refractivity contribution is 6.31. The fourth-order valence-electron chi connectivity index (χ4n) is 5.37. The number of benzene rings is 2. The van der Waals surface area contributed by atoms with Gasteiger partial charge in [-0.05, 0) is 56.5 Å². The van der Waals surface area contributed by atoms with Gasteiger partial charge in [-0.2, -0.15) is 0 Å². The number of ether oxygens (including phenoxy) is 2.